The first-order valence-corrected chi connectivity index (χ1v) is 7.26. The van der Waals surface area contributed by atoms with Crippen molar-refractivity contribution in [3.8, 4) is 22.6 Å². The van der Waals surface area contributed by atoms with Crippen LogP contribution in [0, 0.1) is 11.6 Å². The van der Waals surface area contributed by atoms with Crippen LogP contribution in [0.1, 0.15) is 0 Å². The second-order valence-corrected chi connectivity index (χ2v) is 5.32. The zero-order chi connectivity index (χ0) is 15.8. The van der Waals surface area contributed by atoms with Gasteiger partial charge in [-0.05, 0) is 48.5 Å². The van der Waals surface area contributed by atoms with Gasteiger partial charge < -0.3 is 4.42 Å². The Hall–Kier alpha value is -2.94. The van der Waals surface area contributed by atoms with E-state index in [0.29, 0.717) is 11.5 Å². The highest BCUT2D eigenvalue weighted by atomic mass is 19.1. The van der Waals surface area contributed by atoms with Crippen molar-refractivity contribution in [1.82, 2.24) is 0 Å². The summed E-state index contributed by atoms with van der Waals surface area (Å²) in [5.41, 5.74) is 1.60. The first kappa shape index (κ1) is 13.7. The molecule has 0 radical (unpaired) electrons. The second kappa shape index (κ2) is 5.36. The number of halogens is 2. The molecule has 0 aliphatic heterocycles. The van der Waals surface area contributed by atoms with E-state index in [4.69, 9.17) is 4.42 Å². The van der Waals surface area contributed by atoms with Crippen LogP contribution in [0.15, 0.2) is 77.2 Å². The molecule has 4 rings (SSSR count). The fourth-order valence-electron chi connectivity index (χ4n) is 2.72. The summed E-state index contributed by atoms with van der Waals surface area (Å²) in [4.78, 5) is 0. The van der Waals surface area contributed by atoms with Gasteiger partial charge in [0.2, 0.25) is 0 Å². The molecule has 0 unspecified atom stereocenters. The summed E-state index contributed by atoms with van der Waals surface area (Å²) in [6.07, 6.45) is 0. The monoisotopic (exact) mass is 306 g/mol. The van der Waals surface area contributed by atoms with E-state index in [1.54, 1.807) is 24.3 Å². The van der Waals surface area contributed by atoms with E-state index in [0.717, 1.165) is 21.9 Å². The Morgan fingerprint density at radius 3 is 1.30 bits per heavy atom. The number of rotatable bonds is 2. The fraction of sp³-hybridized carbons (Fsp3) is 0. The number of furan rings is 1. The molecule has 112 valence electrons. The van der Waals surface area contributed by atoms with Gasteiger partial charge in [0.25, 0.3) is 0 Å². The van der Waals surface area contributed by atoms with Gasteiger partial charge in [0.15, 0.2) is 0 Å². The molecular weight excluding hydrogens is 294 g/mol. The Balaban J connectivity index is 1.96. The summed E-state index contributed by atoms with van der Waals surface area (Å²) in [7, 11) is 0. The number of benzene rings is 3. The minimum Gasteiger partial charge on any atom is -0.455 e. The Labute approximate surface area is 131 Å². The largest absolute Gasteiger partial charge is 0.455 e. The molecule has 1 nitrogen and oxygen atoms in total. The van der Waals surface area contributed by atoms with Crippen molar-refractivity contribution in [3.05, 3.63) is 84.4 Å². The first-order valence-electron chi connectivity index (χ1n) is 7.26. The predicted octanol–water partition coefficient (Wildman–Crippen LogP) is 6.05. The van der Waals surface area contributed by atoms with Gasteiger partial charge in [-0.2, -0.15) is 0 Å². The van der Waals surface area contributed by atoms with Crippen molar-refractivity contribution < 1.29 is 13.2 Å². The molecule has 0 N–H and O–H groups in total. The Morgan fingerprint density at radius 2 is 0.913 bits per heavy atom. The predicted molar refractivity (Wildman–Crippen MR) is 87.0 cm³/mol. The van der Waals surface area contributed by atoms with Crippen LogP contribution in [0.5, 0.6) is 0 Å². The molecule has 0 aliphatic rings. The molecule has 3 heteroatoms. The van der Waals surface area contributed by atoms with E-state index in [1.807, 2.05) is 24.3 Å². The van der Waals surface area contributed by atoms with Crippen LogP contribution in [0.25, 0.3) is 33.4 Å². The van der Waals surface area contributed by atoms with Crippen molar-refractivity contribution in [1.29, 1.82) is 0 Å². The summed E-state index contributed by atoms with van der Waals surface area (Å²) >= 11 is 0. The molecular formula is C20H12F2O. The van der Waals surface area contributed by atoms with Gasteiger partial charge in [0.1, 0.15) is 23.2 Å². The smallest absolute Gasteiger partial charge is 0.142 e. The van der Waals surface area contributed by atoms with Crippen LogP contribution in [0.4, 0.5) is 8.78 Å². The molecule has 0 aliphatic carbocycles. The van der Waals surface area contributed by atoms with Crippen molar-refractivity contribution in [2.45, 2.75) is 0 Å². The maximum atomic E-state index is 13.2. The topological polar surface area (TPSA) is 13.1 Å². The van der Waals surface area contributed by atoms with Gasteiger partial charge in [0.05, 0.1) is 0 Å². The zero-order valence-corrected chi connectivity index (χ0v) is 12.1. The number of hydrogen-bond acceptors (Lipinski definition) is 1. The lowest BCUT2D eigenvalue weighted by Crippen LogP contribution is -1.77. The average Bonchev–Trinajstić information content (AvgIpc) is 2.96. The molecule has 0 saturated carbocycles. The molecule has 0 atom stereocenters. The third-order valence-electron chi connectivity index (χ3n) is 3.83. The Kier molecular flexibility index (Phi) is 3.19. The van der Waals surface area contributed by atoms with Gasteiger partial charge in [-0.3, -0.25) is 0 Å². The van der Waals surface area contributed by atoms with Crippen LogP contribution in [-0.2, 0) is 0 Å². The van der Waals surface area contributed by atoms with Crippen LogP contribution in [0.3, 0.4) is 0 Å². The van der Waals surface area contributed by atoms with Crippen molar-refractivity contribution in [2.75, 3.05) is 0 Å². The Morgan fingerprint density at radius 1 is 0.522 bits per heavy atom. The van der Waals surface area contributed by atoms with Crippen LogP contribution in [0.2, 0.25) is 0 Å². The lowest BCUT2D eigenvalue weighted by Gasteiger charge is -1.99. The van der Waals surface area contributed by atoms with E-state index in [1.165, 1.54) is 24.3 Å². The highest BCUT2D eigenvalue weighted by molar-refractivity contribution is 6.02. The van der Waals surface area contributed by atoms with Gasteiger partial charge in [0, 0.05) is 21.9 Å². The summed E-state index contributed by atoms with van der Waals surface area (Å²) in [5, 5.41) is 1.89. The Bertz CT molecular complexity index is 887. The van der Waals surface area contributed by atoms with Crippen LogP contribution < -0.4 is 0 Å². The molecule has 23 heavy (non-hydrogen) atoms. The molecule has 0 fully saturated rings. The second-order valence-electron chi connectivity index (χ2n) is 5.32. The lowest BCUT2D eigenvalue weighted by molar-refractivity contribution is 0.599. The third kappa shape index (κ3) is 2.40. The molecule has 0 bridgehead atoms. The summed E-state index contributed by atoms with van der Waals surface area (Å²) < 4.78 is 32.4. The fourth-order valence-corrected chi connectivity index (χ4v) is 2.72. The minimum atomic E-state index is -0.289. The quantitative estimate of drug-likeness (QED) is 0.439. The molecule has 1 aromatic heterocycles. The average molecular weight is 306 g/mol. The minimum absolute atomic E-state index is 0.289. The third-order valence-corrected chi connectivity index (χ3v) is 3.83. The van der Waals surface area contributed by atoms with E-state index in [-0.39, 0.29) is 11.6 Å². The van der Waals surface area contributed by atoms with E-state index < -0.39 is 0 Å². The standard InChI is InChI=1S/C20H12F2O/c21-15-9-5-13(6-10-15)19-17-3-1-2-4-18(17)20(23-19)14-7-11-16(22)12-8-14/h1-12H. The summed E-state index contributed by atoms with van der Waals surface area (Å²) in [5.74, 6) is 0.784. The lowest BCUT2D eigenvalue weighted by atomic mass is 10.0. The molecule has 1 heterocycles. The van der Waals surface area contributed by atoms with Gasteiger partial charge >= 0.3 is 0 Å². The highest BCUT2D eigenvalue weighted by Gasteiger charge is 2.15. The van der Waals surface area contributed by atoms with E-state index in [2.05, 4.69) is 0 Å². The number of fused-ring (bicyclic) bond motifs is 1. The van der Waals surface area contributed by atoms with Crippen molar-refractivity contribution in [3.63, 3.8) is 0 Å². The van der Waals surface area contributed by atoms with E-state index in [9.17, 15) is 8.78 Å². The highest BCUT2D eigenvalue weighted by Crippen LogP contribution is 2.39. The molecule has 3 aromatic carbocycles. The molecule has 0 saturated heterocycles. The summed E-state index contributed by atoms with van der Waals surface area (Å²) in [6, 6.07) is 20.2. The maximum absolute atomic E-state index is 13.2. The van der Waals surface area contributed by atoms with Crippen LogP contribution in [-0.4, -0.2) is 0 Å². The first-order chi connectivity index (χ1) is 11.2. The SMILES string of the molecule is Fc1ccc(-c2oc(-c3ccc(F)cc3)c3ccccc23)cc1. The number of hydrogen-bond donors (Lipinski definition) is 0. The van der Waals surface area contributed by atoms with Crippen molar-refractivity contribution in [2.24, 2.45) is 0 Å². The van der Waals surface area contributed by atoms with Gasteiger partial charge in [-0.25, -0.2) is 8.78 Å². The molecule has 0 amide bonds. The summed E-state index contributed by atoms with van der Waals surface area (Å²) in [6.45, 7) is 0. The van der Waals surface area contributed by atoms with Gasteiger partial charge in [-0.1, -0.05) is 24.3 Å². The van der Waals surface area contributed by atoms with Crippen molar-refractivity contribution >= 4 is 10.8 Å². The van der Waals surface area contributed by atoms with Gasteiger partial charge in [-0.15, -0.1) is 0 Å². The zero-order valence-electron chi connectivity index (χ0n) is 12.1. The maximum Gasteiger partial charge on any atom is 0.142 e. The molecule has 4 aromatic rings. The van der Waals surface area contributed by atoms with E-state index >= 15 is 0 Å². The van der Waals surface area contributed by atoms with Crippen LogP contribution >= 0.6 is 0 Å². The molecule has 0 spiro atoms. The normalized spacial score (nSPS) is 11.0.